The first-order valence-corrected chi connectivity index (χ1v) is 14.3. The van der Waals surface area contributed by atoms with Gasteiger partial charge in [0.25, 0.3) is 0 Å². The molecule has 0 spiro atoms. The Morgan fingerprint density at radius 1 is 0.455 bits per heavy atom. The van der Waals surface area contributed by atoms with Crippen LogP contribution in [0.5, 0.6) is 0 Å². The minimum absolute atomic E-state index is 0.881. The van der Waals surface area contributed by atoms with Crippen molar-refractivity contribution in [2.45, 2.75) is 141 Å². The Morgan fingerprint density at radius 3 is 1.09 bits per heavy atom. The molecule has 0 bridgehead atoms. The van der Waals surface area contributed by atoms with Crippen molar-refractivity contribution in [2.75, 3.05) is 0 Å². The summed E-state index contributed by atoms with van der Waals surface area (Å²) in [5.41, 5.74) is 9.84. The highest BCUT2D eigenvalue weighted by atomic mass is 14.3. The highest BCUT2D eigenvalue weighted by Gasteiger charge is 2.26. The molecule has 0 heteroatoms. The Hall–Kier alpha value is -0.780. The highest BCUT2D eigenvalue weighted by molar-refractivity contribution is 5.18. The molecule has 0 heterocycles. The molecule has 0 nitrogen and oxygen atoms in total. The van der Waals surface area contributed by atoms with Crippen LogP contribution in [0.4, 0.5) is 0 Å². The lowest BCUT2D eigenvalue weighted by atomic mass is 9.72. The molecule has 192 valence electrons. The standard InChI is InChI=1S/C12H22.C11H20.C10H18/c1-9(2)11-5-7-12(8-6-11)10(3)4;1-8(2)10-5-6-11(7-10)9(3)4;1-7(2)9-5-10(6-9)8(3)4/h9,11H,5-8H2,1-4H3;8,10H,5-7H2,1-4H3;7,9H,5-6H2,1-4H3. The number of hydrogen-bond acceptors (Lipinski definition) is 0. The highest BCUT2D eigenvalue weighted by Crippen LogP contribution is 2.39. The second-order valence-corrected chi connectivity index (χ2v) is 13.1. The van der Waals surface area contributed by atoms with Gasteiger partial charge in [0.05, 0.1) is 0 Å². The fourth-order valence-electron chi connectivity index (χ4n) is 5.51. The van der Waals surface area contributed by atoms with E-state index in [-0.39, 0.29) is 0 Å². The second kappa shape index (κ2) is 14.6. The van der Waals surface area contributed by atoms with Gasteiger partial charge in [0.2, 0.25) is 0 Å². The van der Waals surface area contributed by atoms with Crippen LogP contribution in [0.1, 0.15) is 141 Å². The van der Waals surface area contributed by atoms with Crippen molar-refractivity contribution in [3.05, 3.63) is 33.4 Å². The maximum atomic E-state index is 2.36. The molecule has 33 heavy (non-hydrogen) atoms. The minimum Gasteiger partial charge on any atom is -0.0772 e. The van der Waals surface area contributed by atoms with Gasteiger partial charge in [0.15, 0.2) is 0 Å². The molecule has 0 amide bonds. The summed E-state index contributed by atoms with van der Waals surface area (Å²) in [7, 11) is 0. The van der Waals surface area contributed by atoms with E-state index in [0.29, 0.717) is 0 Å². The fourth-order valence-corrected chi connectivity index (χ4v) is 5.51. The Kier molecular flexibility index (Phi) is 13.4. The third kappa shape index (κ3) is 10.6. The van der Waals surface area contributed by atoms with Crippen LogP contribution in [0, 0.1) is 35.5 Å². The van der Waals surface area contributed by atoms with Gasteiger partial charge in [-0.05, 0) is 135 Å². The van der Waals surface area contributed by atoms with Crippen molar-refractivity contribution < 1.29 is 0 Å². The summed E-state index contributed by atoms with van der Waals surface area (Å²) >= 11 is 0. The maximum absolute atomic E-state index is 2.36. The van der Waals surface area contributed by atoms with E-state index in [1.807, 2.05) is 0 Å². The van der Waals surface area contributed by atoms with Crippen LogP contribution in [0.15, 0.2) is 33.4 Å². The summed E-state index contributed by atoms with van der Waals surface area (Å²) < 4.78 is 0. The largest absolute Gasteiger partial charge is 0.0772 e. The number of hydrogen-bond donors (Lipinski definition) is 0. The van der Waals surface area contributed by atoms with Crippen molar-refractivity contribution in [3.63, 3.8) is 0 Å². The Balaban J connectivity index is 0.000000249. The van der Waals surface area contributed by atoms with Gasteiger partial charge in [-0.3, -0.25) is 0 Å². The lowest BCUT2D eigenvalue weighted by Gasteiger charge is -2.33. The van der Waals surface area contributed by atoms with Crippen LogP contribution in [0.3, 0.4) is 0 Å². The van der Waals surface area contributed by atoms with E-state index in [9.17, 15) is 0 Å². The van der Waals surface area contributed by atoms with E-state index in [1.165, 1.54) is 57.8 Å². The van der Waals surface area contributed by atoms with Gasteiger partial charge < -0.3 is 0 Å². The molecule has 3 rings (SSSR count). The SMILES string of the molecule is CC(C)=C1CC(C(C)C)C1.CC(C)=C1CCC(C(C)C)C1.CC(C)=C1CCC(C(C)C)CC1. The predicted molar refractivity (Wildman–Crippen MR) is 152 cm³/mol. The van der Waals surface area contributed by atoms with Gasteiger partial charge in [-0.1, -0.05) is 75.0 Å². The Labute approximate surface area is 209 Å². The summed E-state index contributed by atoms with van der Waals surface area (Å²) in [5.74, 6) is 5.62. The molecule has 3 aliphatic rings. The van der Waals surface area contributed by atoms with Crippen LogP contribution in [0.2, 0.25) is 0 Å². The van der Waals surface area contributed by atoms with Gasteiger partial charge in [-0.2, -0.15) is 0 Å². The molecule has 0 aromatic carbocycles. The lowest BCUT2D eigenvalue weighted by molar-refractivity contribution is 0.306. The quantitative estimate of drug-likeness (QED) is 0.370. The van der Waals surface area contributed by atoms with E-state index in [4.69, 9.17) is 0 Å². The second-order valence-electron chi connectivity index (χ2n) is 13.1. The molecule has 0 N–H and O–H groups in total. The molecule has 3 saturated carbocycles. The molecule has 1 unspecified atom stereocenters. The first-order chi connectivity index (χ1) is 15.3. The first kappa shape index (κ1) is 30.3. The third-order valence-corrected chi connectivity index (χ3v) is 8.93. The van der Waals surface area contributed by atoms with Crippen molar-refractivity contribution in [1.82, 2.24) is 0 Å². The average Bonchev–Trinajstić information content (AvgIpc) is 3.18. The topological polar surface area (TPSA) is 0 Å². The zero-order chi connectivity index (χ0) is 25.3. The van der Waals surface area contributed by atoms with Gasteiger partial charge in [0, 0.05) is 0 Å². The molecule has 0 aromatic rings. The smallest absolute Gasteiger partial charge is 0.0284 e. The zero-order valence-corrected chi connectivity index (χ0v) is 24.8. The van der Waals surface area contributed by atoms with E-state index in [2.05, 4.69) is 83.1 Å². The average molecular weight is 457 g/mol. The Morgan fingerprint density at radius 2 is 0.788 bits per heavy atom. The Bertz CT molecular complexity index is 649. The van der Waals surface area contributed by atoms with Crippen molar-refractivity contribution >= 4 is 0 Å². The lowest BCUT2D eigenvalue weighted by Crippen LogP contribution is -2.20. The molecule has 1 atom stereocenters. The van der Waals surface area contributed by atoms with Gasteiger partial charge >= 0.3 is 0 Å². The zero-order valence-electron chi connectivity index (χ0n) is 24.8. The molecule has 3 fully saturated rings. The van der Waals surface area contributed by atoms with E-state index < -0.39 is 0 Å². The summed E-state index contributed by atoms with van der Waals surface area (Å²) in [6, 6.07) is 0. The molecule has 0 radical (unpaired) electrons. The van der Waals surface area contributed by atoms with E-state index in [1.54, 1.807) is 33.4 Å². The third-order valence-electron chi connectivity index (χ3n) is 8.93. The van der Waals surface area contributed by atoms with Gasteiger partial charge in [-0.15, -0.1) is 0 Å². The monoisotopic (exact) mass is 456 g/mol. The van der Waals surface area contributed by atoms with Crippen molar-refractivity contribution in [1.29, 1.82) is 0 Å². The first-order valence-electron chi connectivity index (χ1n) is 14.3. The molecular formula is C33H60. The van der Waals surface area contributed by atoms with Crippen LogP contribution in [0.25, 0.3) is 0 Å². The molecule has 0 saturated heterocycles. The van der Waals surface area contributed by atoms with Crippen LogP contribution < -0.4 is 0 Å². The van der Waals surface area contributed by atoms with Crippen LogP contribution in [-0.4, -0.2) is 0 Å². The van der Waals surface area contributed by atoms with E-state index in [0.717, 1.165) is 35.5 Å². The minimum atomic E-state index is 0.881. The molecule has 0 aromatic heterocycles. The van der Waals surface area contributed by atoms with Gasteiger partial charge in [0.1, 0.15) is 0 Å². The summed E-state index contributed by atoms with van der Waals surface area (Å²) in [4.78, 5) is 0. The van der Waals surface area contributed by atoms with Crippen LogP contribution in [-0.2, 0) is 0 Å². The predicted octanol–water partition coefficient (Wildman–Crippen LogP) is 11.3. The van der Waals surface area contributed by atoms with Crippen LogP contribution >= 0.6 is 0 Å². The maximum Gasteiger partial charge on any atom is -0.0284 e. The normalized spacial score (nSPS) is 24.8. The van der Waals surface area contributed by atoms with Gasteiger partial charge in [-0.25, -0.2) is 0 Å². The molecule has 3 aliphatic carbocycles. The van der Waals surface area contributed by atoms with E-state index >= 15 is 0 Å². The molecule has 0 aliphatic heterocycles. The number of rotatable bonds is 3. The van der Waals surface area contributed by atoms with Crippen molar-refractivity contribution in [3.8, 4) is 0 Å². The molecular weight excluding hydrogens is 396 g/mol. The summed E-state index contributed by atoms with van der Waals surface area (Å²) in [5, 5.41) is 0. The fraction of sp³-hybridized carbons (Fsp3) is 0.818. The summed E-state index contributed by atoms with van der Waals surface area (Å²) in [6.07, 6.45) is 12.5. The number of allylic oxidation sites excluding steroid dienone is 6. The van der Waals surface area contributed by atoms with Crippen molar-refractivity contribution in [2.24, 2.45) is 35.5 Å². The summed E-state index contributed by atoms with van der Waals surface area (Å²) in [6.45, 7) is 27.5.